The third-order valence-electron chi connectivity index (χ3n) is 2.58. The normalized spacial score (nSPS) is 11.3. The van der Waals surface area contributed by atoms with Crippen molar-refractivity contribution in [1.29, 1.82) is 0 Å². The van der Waals surface area contributed by atoms with Crippen LogP contribution in [0.1, 0.15) is 12.0 Å². The molecule has 118 valence electrons. The lowest BCUT2D eigenvalue weighted by Crippen LogP contribution is -2.31. The number of rotatable bonds is 7. The van der Waals surface area contributed by atoms with Crippen LogP contribution in [0.25, 0.3) is 0 Å². The number of halogens is 4. The summed E-state index contributed by atoms with van der Waals surface area (Å²) in [6.07, 6.45) is -3.74. The molecule has 1 amide bonds. The maximum Gasteiger partial charge on any atom is 0.416 e. The van der Waals surface area contributed by atoms with Crippen LogP contribution in [0.5, 0.6) is 0 Å². The summed E-state index contributed by atoms with van der Waals surface area (Å²) in [6.45, 7) is 0.887. The zero-order valence-electron chi connectivity index (χ0n) is 11.4. The fourth-order valence-electron chi connectivity index (χ4n) is 1.52. The third kappa shape index (κ3) is 6.34. The van der Waals surface area contributed by atoms with Crippen molar-refractivity contribution >= 4 is 27.5 Å². The standard InChI is InChI=1S/C13H16BrF3N2O2/c1-21-6-2-5-18-12(20)8-19-11-7-9(13(15,16)17)3-4-10(11)14/h3-4,7,19H,2,5-6,8H2,1H3,(H,18,20). The van der Waals surface area contributed by atoms with Crippen LogP contribution in [-0.4, -0.2) is 32.7 Å². The van der Waals surface area contributed by atoms with Crippen molar-refractivity contribution in [2.45, 2.75) is 12.6 Å². The summed E-state index contributed by atoms with van der Waals surface area (Å²) in [5.74, 6) is -0.296. The van der Waals surface area contributed by atoms with E-state index in [1.807, 2.05) is 0 Å². The van der Waals surface area contributed by atoms with Crippen molar-refractivity contribution in [3.8, 4) is 0 Å². The summed E-state index contributed by atoms with van der Waals surface area (Å²) in [4.78, 5) is 11.5. The number of anilines is 1. The van der Waals surface area contributed by atoms with E-state index in [4.69, 9.17) is 4.74 Å². The molecule has 0 unspecified atom stereocenters. The Hall–Kier alpha value is -1.28. The molecule has 8 heteroatoms. The summed E-state index contributed by atoms with van der Waals surface area (Å²) in [7, 11) is 1.56. The van der Waals surface area contributed by atoms with Gasteiger partial charge in [0, 0.05) is 30.4 Å². The molecule has 0 aliphatic rings. The van der Waals surface area contributed by atoms with Gasteiger partial charge in [0.15, 0.2) is 0 Å². The first kappa shape index (κ1) is 17.8. The van der Waals surface area contributed by atoms with Gasteiger partial charge in [0.05, 0.1) is 12.1 Å². The first-order valence-corrected chi connectivity index (χ1v) is 7.00. The Bertz CT molecular complexity index is 481. The van der Waals surface area contributed by atoms with Crippen LogP contribution in [-0.2, 0) is 15.7 Å². The Balaban J connectivity index is 2.53. The van der Waals surface area contributed by atoms with Crippen molar-refractivity contribution in [2.75, 3.05) is 32.1 Å². The van der Waals surface area contributed by atoms with E-state index in [1.54, 1.807) is 7.11 Å². The highest BCUT2D eigenvalue weighted by Gasteiger charge is 2.30. The molecule has 0 atom stereocenters. The van der Waals surface area contributed by atoms with Crippen LogP contribution in [0.4, 0.5) is 18.9 Å². The second-order valence-electron chi connectivity index (χ2n) is 4.24. The summed E-state index contributed by atoms with van der Waals surface area (Å²) in [5.41, 5.74) is -0.550. The lowest BCUT2D eigenvalue weighted by molar-refractivity contribution is -0.137. The lowest BCUT2D eigenvalue weighted by atomic mass is 10.2. The van der Waals surface area contributed by atoms with Crippen molar-refractivity contribution < 1.29 is 22.7 Å². The van der Waals surface area contributed by atoms with E-state index in [1.165, 1.54) is 6.07 Å². The number of methoxy groups -OCH3 is 1. The van der Waals surface area contributed by atoms with E-state index in [9.17, 15) is 18.0 Å². The predicted octanol–water partition coefficient (Wildman–Crippen LogP) is 3.03. The molecule has 1 aromatic rings. The van der Waals surface area contributed by atoms with Crippen molar-refractivity contribution in [2.24, 2.45) is 0 Å². The second kappa shape index (κ2) is 8.23. The lowest BCUT2D eigenvalue weighted by Gasteiger charge is -2.12. The Morgan fingerprint density at radius 1 is 1.38 bits per heavy atom. The minimum Gasteiger partial charge on any atom is -0.385 e. The van der Waals surface area contributed by atoms with Gasteiger partial charge >= 0.3 is 6.18 Å². The van der Waals surface area contributed by atoms with Crippen molar-refractivity contribution in [1.82, 2.24) is 5.32 Å². The molecule has 1 aromatic carbocycles. The first-order valence-electron chi connectivity index (χ1n) is 6.21. The minimum absolute atomic E-state index is 0.104. The molecule has 0 aliphatic heterocycles. The number of benzene rings is 1. The molecule has 0 radical (unpaired) electrons. The van der Waals surface area contributed by atoms with Gasteiger partial charge in [-0.3, -0.25) is 4.79 Å². The van der Waals surface area contributed by atoms with E-state index in [2.05, 4.69) is 26.6 Å². The molecule has 0 bridgehead atoms. The summed E-state index contributed by atoms with van der Waals surface area (Å²) >= 11 is 3.14. The first-order chi connectivity index (χ1) is 9.84. The maximum absolute atomic E-state index is 12.6. The summed E-state index contributed by atoms with van der Waals surface area (Å²) in [5, 5.41) is 5.31. The SMILES string of the molecule is COCCCNC(=O)CNc1cc(C(F)(F)F)ccc1Br. The average Bonchev–Trinajstić information content (AvgIpc) is 2.41. The number of hydrogen-bond donors (Lipinski definition) is 2. The Labute approximate surface area is 129 Å². The average molecular weight is 369 g/mol. The second-order valence-corrected chi connectivity index (χ2v) is 5.10. The Kier molecular flexibility index (Phi) is 6.97. The molecular weight excluding hydrogens is 353 g/mol. The van der Waals surface area contributed by atoms with Crippen LogP contribution in [0.3, 0.4) is 0 Å². The van der Waals surface area contributed by atoms with Gasteiger partial charge in [0.25, 0.3) is 0 Å². The van der Waals surface area contributed by atoms with Gasteiger partial charge in [-0.2, -0.15) is 13.2 Å². The van der Waals surface area contributed by atoms with Crippen molar-refractivity contribution in [3.05, 3.63) is 28.2 Å². The maximum atomic E-state index is 12.6. The Morgan fingerprint density at radius 3 is 2.71 bits per heavy atom. The molecule has 0 fully saturated rings. The number of nitrogens with one attached hydrogen (secondary N) is 2. The van der Waals surface area contributed by atoms with E-state index in [-0.39, 0.29) is 18.1 Å². The third-order valence-corrected chi connectivity index (χ3v) is 3.27. The van der Waals surface area contributed by atoms with Crippen LogP contribution in [0.15, 0.2) is 22.7 Å². The highest BCUT2D eigenvalue weighted by Crippen LogP contribution is 2.33. The van der Waals surface area contributed by atoms with Gasteiger partial charge in [0.2, 0.25) is 5.91 Å². The topological polar surface area (TPSA) is 50.4 Å². The predicted molar refractivity (Wildman–Crippen MR) is 77.1 cm³/mol. The van der Waals surface area contributed by atoms with E-state index in [0.717, 1.165) is 12.1 Å². The number of carbonyl (C=O) groups is 1. The molecule has 1 rings (SSSR count). The van der Waals surface area contributed by atoms with E-state index in [0.29, 0.717) is 24.0 Å². The molecule has 0 heterocycles. The van der Waals surface area contributed by atoms with E-state index < -0.39 is 11.7 Å². The number of ether oxygens (including phenoxy) is 1. The van der Waals surface area contributed by atoms with Crippen LogP contribution in [0, 0.1) is 0 Å². The van der Waals surface area contributed by atoms with Gasteiger partial charge in [0.1, 0.15) is 0 Å². The van der Waals surface area contributed by atoms with Gasteiger partial charge < -0.3 is 15.4 Å². The fraction of sp³-hybridized carbons (Fsp3) is 0.462. The number of hydrogen-bond acceptors (Lipinski definition) is 3. The Morgan fingerprint density at radius 2 is 2.10 bits per heavy atom. The highest BCUT2D eigenvalue weighted by molar-refractivity contribution is 9.10. The quantitative estimate of drug-likeness (QED) is 0.727. The largest absolute Gasteiger partial charge is 0.416 e. The van der Waals surface area contributed by atoms with Gasteiger partial charge in [-0.25, -0.2) is 0 Å². The molecule has 0 aliphatic carbocycles. The monoisotopic (exact) mass is 368 g/mol. The van der Waals surface area contributed by atoms with Crippen LogP contribution >= 0.6 is 15.9 Å². The van der Waals surface area contributed by atoms with Gasteiger partial charge in [-0.15, -0.1) is 0 Å². The zero-order chi connectivity index (χ0) is 15.9. The zero-order valence-corrected chi connectivity index (χ0v) is 13.0. The smallest absolute Gasteiger partial charge is 0.385 e. The molecule has 0 saturated heterocycles. The molecule has 0 aromatic heterocycles. The number of carbonyl (C=O) groups excluding carboxylic acids is 1. The van der Waals surface area contributed by atoms with Crippen LogP contribution in [0.2, 0.25) is 0 Å². The molecule has 4 nitrogen and oxygen atoms in total. The molecule has 21 heavy (non-hydrogen) atoms. The number of amides is 1. The van der Waals surface area contributed by atoms with Gasteiger partial charge in [-0.05, 0) is 40.5 Å². The fourth-order valence-corrected chi connectivity index (χ4v) is 1.91. The molecule has 2 N–H and O–H groups in total. The highest BCUT2D eigenvalue weighted by atomic mass is 79.9. The molecule has 0 saturated carbocycles. The number of alkyl halides is 3. The molecular formula is C13H16BrF3N2O2. The summed E-state index contributed by atoms with van der Waals surface area (Å²) < 4.78 is 43.1. The van der Waals surface area contributed by atoms with Gasteiger partial charge in [-0.1, -0.05) is 0 Å². The molecule has 0 spiro atoms. The van der Waals surface area contributed by atoms with Crippen molar-refractivity contribution in [3.63, 3.8) is 0 Å². The van der Waals surface area contributed by atoms with Crippen LogP contribution < -0.4 is 10.6 Å². The minimum atomic E-state index is -4.42. The van der Waals surface area contributed by atoms with E-state index >= 15 is 0 Å². The summed E-state index contributed by atoms with van der Waals surface area (Å²) in [6, 6.07) is 3.23.